The molecule has 0 radical (unpaired) electrons. The second-order valence-corrected chi connectivity index (χ2v) is 4.30. The third-order valence-electron chi connectivity index (χ3n) is 2.23. The molecular weight excluding hydrogens is 389 g/mol. The van der Waals surface area contributed by atoms with Gasteiger partial charge in [-0.3, -0.25) is 0 Å². The highest BCUT2D eigenvalue weighted by Gasteiger charge is 2.33. The number of nitrogens with zero attached hydrogens (tertiary/aromatic N) is 1. The molecular formula is C12H16F4IN3. The Morgan fingerprint density at radius 2 is 1.95 bits per heavy atom. The molecule has 0 spiro atoms. The average molecular weight is 405 g/mol. The predicted molar refractivity (Wildman–Crippen MR) is 80.4 cm³/mol. The van der Waals surface area contributed by atoms with Crippen molar-refractivity contribution in [2.45, 2.75) is 32.6 Å². The molecule has 3 nitrogen and oxygen atoms in total. The van der Waals surface area contributed by atoms with Gasteiger partial charge in [-0.05, 0) is 31.5 Å². The molecule has 0 amide bonds. The maximum atomic E-state index is 12.9. The van der Waals surface area contributed by atoms with Crippen LogP contribution in [0.1, 0.15) is 25.0 Å². The van der Waals surface area contributed by atoms with E-state index in [4.69, 9.17) is 5.73 Å². The lowest BCUT2D eigenvalue weighted by Gasteiger charge is -2.12. The number of hydrogen-bond acceptors (Lipinski definition) is 1. The van der Waals surface area contributed by atoms with Crippen molar-refractivity contribution in [3.8, 4) is 0 Å². The number of hydrogen-bond donors (Lipinski definition) is 2. The van der Waals surface area contributed by atoms with Crippen molar-refractivity contribution in [1.82, 2.24) is 5.32 Å². The van der Waals surface area contributed by atoms with Crippen LogP contribution in [0.5, 0.6) is 0 Å². The van der Waals surface area contributed by atoms with Crippen LogP contribution < -0.4 is 11.1 Å². The lowest BCUT2D eigenvalue weighted by Crippen LogP contribution is -2.36. The van der Waals surface area contributed by atoms with Crippen LogP contribution in [0.15, 0.2) is 23.2 Å². The molecule has 8 heteroatoms. The van der Waals surface area contributed by atoms with Crippen LogP contribution in [0.4, 0.5) is 17.6 Å². The van der Waals surface area contributed by atoms with Gasteiger partial charge in [0.05, 0.1) is 12.1 Å². The predicted octanol–water partition coefficient (Wildman–Crippen LogP) is 3.28. The Bertz CT molecular complexity index is 472. The van der Waals surface area contributed by atoms with Crippen LogP contribution in [0.25, 0.3) is 0 Å². The third kappa shape index (κ3) is 5.93. The summed E-state index contributed by atoms with van der Waals surface area (Å²) in [5.41, 5.74) is 4.34. The van der Waals surface area contributed by atoms with E-state index in [0.717, 1.165) is 12.1 Å². The minimum Gasteiger partial charge on any atom is -0.370 e. The Morgan fingerprint density at radius 1 is 1.35 bits per heavy atom. The maximum Gasteiger partial charge on any atom is 0.416 e. The molecule has 114 valence electrons. The van der Waals surface area contributed by atoms with Crippen LogP contribution in [0.2, 0.25) is 0 Å². The average Bonchev–Trinajstić information content (AvgIpc) is 2.25. The number of alkyl halides is 3. The Morgan fingerprint density at radius 3 is 2.45 bits per heavy atom. The number of nitrogens with one attached hydrogen (secondary N) is 1. The van der Waals surface area contributed by atoms with E-state index in [9.17, 15) is 17.6 Å². The summed E-state index contributed by atoms with van der Waals surface area (Å²) in [6, 6.07) is 2.51. The minimum atomic E-state index is -4.62. The molecule has 1 aromatic carbocycles. The smallest absolute Gasteiger partial charge is 0.370 e. The Hall–Kier alpha value is -1.06. The van der Waals surface area contributed by atoms with Crippen molar-refractivity contribution in [1.29, 1.82) is 0 Å². The van der Waals surface area contributed by atoms with Gasteiger partial charge in [0.15, 0.2) is 5.96 Å². The topological polar surface area (TPSA) is 50.4 Å². The summed E-state index contributed by atoms with van der Waals surface area (Å²) in [6.07, 6.45) is -4.62. The number of nitrogens with two attached hydrogens (primary N) is 1. The number of halogens is 5. The molecule has 0 bridgehead atoms. The van der Waals surface area contributed by atoms with Crippen LogP contribution in [-0.4, -0.2) is 12.0 Å². The van der Waals surface area contributed by atoms with E-state index in [1.807, 2.05) is 13.8 Å². The minimum absolute atomic E-state index is 0. The monoisotopic (exact) mass is 405 g/mol. The highest BCUT2D eigenvalue weighted by atomic mass is 127. The van der Waals surface area contributed by atoms with Gasteiger partial charge in [-0.1, -0.05) is 6.07 Å². The van der Waals surface area contributed by atoms with Gasteiger partial charge in [-0.2, -0.15) is 13.2 Å². The highest BCUT2D eigenvalue weighted by molar-refractivity contribution is 14.0. The van der Waals surface area contributed by atoms with Crippen molar-refractivity contribution in [3.63, 3.8) is 0 Å². The zero-order chi connectivity index (χ0) is 14.6. The fraction of sp³-hybridized carbons (Fsp3) is 0.417. The highest BCUT2D eigenvalue weighted by Crippen LogP contribution is 2.32. The van der Waals surface area contributed by atoms with Crippen molar-refractivity contribution < 1.29 is 17.6 Å². The first kappa shape index (κ1) is 18.9. The number of rotatable bonds is 3. The van der Waals surface area contributed by atoms with Gasteiger partial charge < -0.3 is 11.1 Å². The normalized spacial score (nSPS) is 12.2. The molecule has 0 fully saturated rings. The molecule has 0 unspecified atom stereocenters. The van der Waals surface area contributed by atoms with Crippen LogP contribution >= 0.6 is 24.0 Å². The van der Waals surface area contributed by atoms with Gasteiger partial charge >= 0.3 is 6.18 Å². The zero-order valence-electron chi connectivity index (χ0n) is 11.0. The maximum absolute atomic E-state index is 12.9. The van der Waals surface area contributed by atoms with E-state index in [-0.39, 0.29) is 48.1 Å². The molecule has 0 aromatic heterocycles. The zero-order valence-corrected chi connectivity index (χ0v) is 13.3. The van der Waals surface area contributed by atoms with Gasteiger partial charge in [0.1, 0.15) is 5.82 Å². The van der Waals surface area contributed by atoms with Crippen LogP contribution in [0, 0.1) is 5.82 Å². The summed E-state index contributed by atoms with van der Waals surface area (Å²) in [5.74, 6) is -0.888. The number of guanidine groups is 1. The molecule has 0 atom stereocenters. The summed E-state index contributed by atoms with van der Waals surface area (Å²) in [5, 5.41) is 2.75. The van der Waals surface area contributed by atoms with Gasteiger partial charge in [-0.25, -0.2) is 9.38 Å². The fourth-order valence-corrected chi connectivity index (χ4v) is 1.46. The second kappa shape index (κ2) is 7.65. The lowest BCUT2D eigenvalue weighted by molar-refractivity contribution is -0.138. The molecule has 1 aromatic rings. The number of aliphatic imine (C=N–C) groups is 1. The molecule has 0 heterocycles. The van der Waals surface area contributed by atoms with Crippen LogP contribution in [-0.2, 0) is 12.7 Å². The molecule has 0 aliphatic rings. The van der Waals surface area contributed by atoms with E-state index in [2.05, 4.69) is 10.3 Å². The first-order valence-electron chi connectivity index (χ1n) is 5.62. The molecule has 20 heavy (non-hydrogen) atoms. The van der Waals surface area contributed by atoms with Gasteiger partial charge in [0.25, 0.3) is 0 Å². The van der Waals surface area contributed by atoms with Crippen LogP contribution in [0.3, 0.4) is 0 Å². The molecule has 0 saturated heterocycles. The molecule has 0 aliphatic carbocycles. The standard InChI is InChI=1S/C12H15F4N3.HI/c1-7(2)19-11(17)18-6-8-3-4-9(13)5-10(8)12(14,15)16;/h3-5,7H,6H2,1-2H3,(H3,17,18,19);1H. The van der Waals surface area contributed by atoms with E-state index >= 15 is 0 Å². The summed E-state index contributed by atoms with van der Waals surface area (Å²) >= 11 is 0. The SMILES string of the molecule is CC(C)NC(N)=NCc1ccc(F)cc1C(F)(F)F.I. The summed E-state index contributed by atoms with van der Waals surface area (Å²) in [6.45, 7) is 3.38. The molecule has 0 saturated carbocycles. The summed E-state index contributed by atoms with van der Waals surface area (Å²) in [4.78, 5) is 3.80. The van der Waals surface area contributed by atoms with Gasteiger partial charge in [0.2, 0.25) is 0 Å². The number of benzene rings is 1. The Balaban J connectivity index is 0.00000361. The summed E-state index contributed by atoms with van der Waals surface area (Å²) in [7, 11) is 0. The van der Waals surface area contributed by atoms with Crippen molar-refractivity contribution in [2.75, 3.05) is 0 Å². The fourth-order valence-electron chi connectivity index (χ4n) is 1.46. The van der Waals surface area contributed by atoms with Gasteiger partial charge in [0, 0.05) is 6.04 Å². The second-order valence-electron chi connectivity index (χ2n) is 4.30. The van der Waals surface area contributed by atoms with Crippen molar-refractivity contribution in [3.05, 3.63) is 35.1 Å². The Labute approximate surface area is 131 Å². The first-order valence-corrected chi connectivity index (χ1v) is 5.62. The molecule has 3 N–H and O–H groups in total. The summed E-state index contributed by atoms with van der Waals surface area (Å²) < 4.78 is 51.0. The first-order chi connectivity index (χ1) is 8.70. The third-order valence-corrected chi connectivity index (χ3v) is 2.23. The quantitative estimate of drug-likeness (QED) is 0.351. The van der Waals surface area contributed by atoms with E-state index in [1.165, 1.54) is 0 Å². The lowest BCUT2D eigenvalue weighted by atomic mass is 10.1. The molecule has 1 rings (SSSR count). The van der Waals surface area contributed by atoms with Gasteiger partial charge in [-0.15, -0.1) is 24.0 Å². The molecule has 0 aliphatic heterocycles. The van der Waals surface area contributed by atoms with E-state index in [0.29, 0.717) is 6.07 Å². The van der Waals surface area contributed by atoms with E-state index in [1.54, 1.807) is 0 Å². The van der Waals surface area contributed by atoms with E-state index < -0.39 is 17.6 Å². The van der Waals surface area contributed by atoms with Crippen molar-refractivity contribution in [2.24, 2.45) is 10.7 Å². The largest absolute Gasteiger partial charge is 0.416 e. The Kier molecular flexibility index (Phi) is 7.25. The van der Waals surface area contributed by atoms with Crippen molar-refractivity contribution >= 4 is 29.9 Å².